The van der Waals surface area contributed by atoms with E-state index in [9.17, 15) is 9.59 Å². The molecule has 2 atom stereocenters. The van der Waals surface area contributed by atoms with Crippen LogP contribution in [0.2, 0.25) is 0 Å². The van der Waals surface area contributed by atoms with Crippen LogP contribution in [0.5, 0.6) is 0 Å². The van der Waals surface area contributed by atoms with Crippen LogP contribution in [0.4, 0.5) is 0 Å². The second kappa shape index (κ2) is 4.63. The maximum Gasteiger partial charge on any atom is 0.307 e. The first-order valence-electron chi connectivity index (χ1n) is 6.49. The molecule has 0 radical (unpaired) electrons. The molecule has 0 spiro atoms. The molecule has 1 fully saturated rings. The first-order chi connectivity index (χ1) is 9.58. The SMILES string of the molecule is Cn1c(CNC(=O)C2CC2C(=O)O)nc2ccccc21. The van der Waals surface area contributed by atoms with Crippen LogP contribution in [0.15, 0.2) is 24.3 Å². The Balaban J connectivity index is 1.67. The number of nitrogens with zero attached hydrogens (tertiary/aromatic N) is 2. The zero-order chi connectivity index (χ0) is 14.3. The molecular formula is C14H15N3O3. The number of aryl methyl sites for hydroxylation is 1. The minimum absolute atomic E-state index is 0.204. The molecule has 1 aliphatic carbocycles. The van der Waals surface area contributed by atoms with E-state index in [1.807, 2.05) is 35.9 Å². The molecule has 1 heterocycles. The number of nitrogens with one attached hydrogen (secondary N) is 1. The van der Waals surface area contributed by atoms with E-state index in [0.717, 1.165) is 16.9 Å². The van der Waals surface area contributed by atoms with Crippen LogP contribution in [-0.4, -0.2) is 26.5 Å². The normalized spacial score (nSPS) is 20.9. The number of hydrogen-bond acceptors (Lipinski definition) is 3. The molecule has 20 heavy (non-hydrogen) atoms. The number of aliphatic carboxylic acids is 1. The fraction of sp³-hybridized carbons (Fsp3) is 0.357. The molecular weight excluding hydrogens is 258 g/mol. The lowest BCUT2D eigenvalue weighted by Gasteiger charge is -2.04. The Kier molecular flexibility index (Phi) is 2.93. The average molecular weight is 273 g/mol. The van der Waals surface area contributed by atoms with Crippen LogP contribution in [-0.2, 0) is 23.2 Å². The molecule has 0 saturated heterocycles. The number of fused-ring (bicyclic) bond motifs is 1. The zero-order valence-corrected chi connectivity index (χ0v) is 11.0. The topological polar surface area (TPSA) is 84.2 Å². The molecule has 1 saturated carbocycles. The van der Waals surface area contributed by atoms with E-state index < -0.39 is 11.9 Å². The molecule has 104 valence electrons. The summed E-state index contributed by atoms with van der Waals surface area (Å²) >= 11 is 0. The van der Waals surface area contributed by atoms with Gasteiger partial charge in [0.2, 0.25) is 5.91 Å². The van der Waals surface area contributed by atoms with Crippen LogP contribution in [0, 0.1) is 11.8 Å². The fourth-order valence-electron chi connectivity index (χ4n) is 2.41. The van der Waals surface area contributed by atoms with Crippen molar-refractivity contribution in [2.24, 2.45) is 18.9 Å². The second-order valence-electron chi connectivity index (χ2n) is 5.08. The van der Waals surface area contributed by atoms with Crippen molar-refractivity contribution in [3.8, 4) is 0 Å². The predicted octanol–water partition coefficient (Wildman–Crippen LogP) is 0.910. The molecule has 1 aliphatic rings. The van der Waals surface area contributed by atoms with Gasteiger partial charge in [0.25, 0.3) is 0 Å². The number of hydrogen-bond donors (Lipinski definition) is 2. The summed E-state index contributed by atoms with van der Waals surface area (Å²) in [5.74, 6) is -1.25. The number of benzene rings is 1. The van der Waals surface area contributed by atoms with Crippen molar-refractivity contribution >= 4 is 22.9 Å². The van der Waals surface area contributed by atoms with E-state index in [2.05, 4.69) is 10.3 Å². The molecule has 2 aromatic rings. The molecule has 3 rings (SSSR count). The van der Waals surface area contributed by atoms with Gasteiger partial charge in [-0.25, -0.2) is 4.98 Å². The highest BCUT2D eigenvalue weighted by Crippen LogP contribution is 2.38. The molecule has 2 unspecified atom stereocenters. The Hall–Kier alpha value is -2.37. The molecule has 0 aliphatic heterocycles. The monoisotopic (exact) mass is 273 g/mol. The number of para-hydroxylation sites is 2. The second-order valence-corrected chi connectivity index (χ2v) is 5.08. The summed E-state index contributed by atoms with van der Waals surface area (Å²) in [5.41, 5.74) is 1.89. The van der Waals surface area contributed by atoms with Crippen LogP contribution in [0.1, 0.15) is 12.2 Å². The van der Waals surface area contributed by atoms with E-state index >= 15 is 0 Å². The Bertz CT molecular complexity index is 692. The average Bonchev–Trinajstić information content (AvgIpc) is 3.18. The third-order valence-corrected chi connectivity index (χ3v) is 3.74. The standard InChI is InChI=1S/C14H15N3O3/c1-17-11-5-3-2-4-10(11)16-12(17)7-15-13(18)8-6-9(8)14(19)20/h2-5,8-9H,6-7H2,1H3,(H,15,18)(H,19,20). The Morgan fingerprint density at radius 1 is 1.40 bits per heavy atom. The van der Waals surface area contributed by atoms with E-state index in [4.69, 9.17) is 5.11 Å². The molecule has 2 N–H and O–H groups in total. The lowest BCUT2D eigenvalue weighted by molar-refractivity contribution is -0.140. The van der Waals surface area contributed by atoms with Gasteiger partial charge in [0.1, 0.15) is 5.82 Å². The van der Waals surface area contributed by atoms with Crippen LogP contribution in [0.3, 0.4) is 0 Å². The van der Waals surface area contributed by atoms with Crippen LogP contribution < -0.4 is 5.32 Å². The summed E-state index contributed by atoms with van der Waals surface area (Å²) in [5, 5.41) is 11.6. The van der Waals surface area contributed by atoms with Gasteiger partial charge in [-0.15, -0.1) is 0 Å². The highest BCUT2D eigenvalue weighted by Gasteiger charge is 2.48. The third kappa shape index (κ3) is 2.13. The number of amides is 1. The number of rotatable bonds is 4. The minimum Gasteiger partial charge on any atom is -0.481 e. The van der Waals surface area contributed by atoms with Crippen molar-refractivity contribution in [2.45, 2.75) is 13.0 Å². The van der Waals surface area contributed by atoms with Crippen molar-refractivity contribution in [3.05, 3.63) is 30.1 Å². The van der Waals surface area contributed by atoms with Gasteiger partial charge in [0.05, 0.1) is 29.4 Å². The van der Waals surface area contributed by atoms with Crippen molar-refractivity contribution < 1.29 is 14.7 Å². The summed E-state index contributed by atoms with van der Waals surface area (Å²) in [6, 6.07) is 7.74. The van der Waals surface area contributed by atoms with Gasteiger partial charge in [-0.1, -0.05) is 12.1 Å². The van der Waals surface area contributed by atoms with Crippen LogP contribution in [0.25, 0.3) is 11.0 Å². The van der Waals surface area contributed by atoms with E-state index in [-0.39, 0.29) is 11.8 Å². The largest absolute Gasteiger partial charge is 0.481 e. The fourth-order valence-corrected chi connectivity index (χ4v) is 2.41. The molecule has 1 aromatic carbocycles. The predicted molar refractivity (Wildman–Crippen MR) is 71.8 cm³/mol. The first kappa shape index (κ1) is 12.7. The van der Waals surface area contributed by atoms with Crippen molar-refractivity contribution in [3.63, 3.8) is 0 Å². The maximum atomic E-state index is 11.8. The van der Waals surface area contributed by atoms with Crippen molar-refractivity contribution in [1.82, 2.24) is 14.9 Å². The summed E-state index contributed by atoms with van der Waals surface area (Å²) in [6.45, 7) is 0.312. The summed E-state index contributed by atoms with van der Waals surface area (Å²) in [4.78, 5) is 27.0. The summed E-state index contributed by atoms with van der Waals surface area (Å²) < 4.78 is 1.93. The number of carbonyl (C=O) groups excluding carboxylic acids is 1. The molecule has 1 amide bonds. The molecule has 1 aromatic heterocycles. The number of carboxylic acid groups (broad SMARTS) is 1. The lowest BCUT2D eigenvalue weighted by atomic mass is 10.3. The van der Waals surface area contributed by atoms with Gasteiger partial charge in [-0.05, 0) is 18.6 Å². The molecule has 0 bridgehead atoms. The van der Waals surface area contributed by atoms with Gasteiger partial charge >= 0.3 is 5.97 Å². The Morgan fingerprint density at radius 2 is 2.15 bits per heavy atom. The Morgan fingerprint density at radius 3 is 2.80 bits per heavy atom. The molecule has 6 nitrogen and oxygen atoms in total. The quantitative estimate of drug-likeness (QED) is 0.867. The third-order valence-electron chi connectivity index (χ3n) is 3.74. The van der Waals surface area contributed by atoms with Gasteiger partial charge in [0, 0.05) is 7.05 Å². The number of carbonyl (C=O) groups is 2. The van der Waals surface area contributed by atoms with Gasteiger partial charge < -0.3 is 15.0 Å². The highest BCUT2D eigenvalue weighted by atomic mass is 16.4. The van der Waals surface area contributed by atoms with E-state index in [0.29, 0.717) is 13.0 Å². The van der Waals surface area contributed by atoms with Crippen molar-refractivity contribution in [2.75, 3.05) is 0 Å². The number of imidazole rings is 1. The van der Waals surface area contributed by atoms with Gasteiger partial charge in [-0.3, -0.25) is 9.59 Å². The van der Waals surface area contributed by atoms with Gasteiger partial charge in [-0.2, -0.15) is 0 Å². The zero-order valence-electron chi connectivity index (χ0n) is 11.0. The Labute approximate surface area is 115 Å². The van der Waals surface area contributed by atoms with E-state index in [1.54, 1.807) is 0 Å². The van der Waals surface area contributed by atoms with E-state index in [1.165, 1.54) is 0 Å². The number of carboxylic acids is 1. The molecule has 6 heteroatoms. The van der Waals surface area contributed by atoms with Crippen LogP contribution >= 0.6 is 0 Å². The smallest absolute Gasteiger partial charge is 0.307 e. The summed E-state index contributed by atoms with van der Waals surface area (Å²) in [6.07, 6.45) is 0.434. The summed E-state index contributed by atoms with van der Waals surface area (Å²) in [7, 11) is 1.90. The number of aromatic nitrogens is 2. The first-order valence-corrected chi connectivity index (χ1v) is 6.49. The maximum absolute atomic E-state index is 11.8. The minimum atomic E-state index is -0.895. The van der Waals surface area contributed by atoms with Gasteiger partial charge in [0.15, 0.2) is 0 Å². The lowest BCUT2D eigenvalue weighted by Crippen LogP contribution is -2.27. The van der Waals surface area contributed by atoms with Crippen molar-refractivity contribution in [1.29, 1.82) is 0 Å². The highest BCUT2D eigenvalue weighted by molar-refractivity contribution is 5.89.